The van der Waals surface area contributed by atoms with Gasteiger partial charge in [-0.3, -0.25) is 4.98 Å². The van der Waals surface area contributed by atoms with Crippen LogP contribution in [0.3, 0.4) is 0 Å². The molecule has 1 aromatic heterocycles. The Balaban J connectivity index is 2.48. The summed E-state index contributed by atoms with van der Waals surface area (Å²) in [6, 6.07) is 7.94. The van der Waals surface area contributed by atoms with Crippen LogP contribution in [0.2, 0.25) is 0 Å². The van der Waals surface area contributed by atoms with E-state index < -0.39 is 0 Å². The molecule has 0 bridgehead atoms. The van der Waals surface area contributed by atoms with Crippen molar-refractivity contribution in [2.75, 3.05) is 5.73 Å². The Hall–Kier alpha value is -1.94. The summed E-state index contributed by atoms with van der Waals surface area (Å²) in [5, 5.41) is 0. The van der Waals surface area contributed by atoms with Crippen molar-refractivity contribution in [3.63, 3.8) is 0 Å². The van der Waals surface area contributed by atoms with Crippen molar-refractivity contribution in [1.29, 1.82) is 0 Å². The van der Waals surface area contributed by atoms with Gasteiger partial charge in [-0.15, -0.1) is 0 Å². The smallest absolute Gasteiger partial charge is 0.123 e. The maximum atomic E-state index is 13.0. The predicted octanol–water partition coefficient (Wildman–Crippen LogP) is 1.93. The maximum absolute atomic E-state index is 13.0. The lowest BCUT2D eigenvalue weighted by atomic mass is 10.1. The summed E-state index contributed by atoms with van der Waals surface area (Å²) in [7, 11) is 0. The van der Waals surface area contributed by atoms with Crippen LogP contribution in [0.4, 0.5) is 10.1 Å². The summed E-state index contributed by atoms with van der Waals surface area (Å²) < 4.78 is 13.0. The van der Waals surface area contributed by atoms with E-state index in [1.54, 1.807) is 24.4 Å². The molecular weight excluding hydrogens is 205 g/mol. The number of benzene rings is 1. The number of pyridine rings is 1. The number of hydrogen-bond acceptors (Lipinski definition) is 3. The van der Waals surface area contributed by atoms with E-state index in [-0.39, 0.29) is 5.82 Å². The molecule has 0 radical (unpaired) electrons. The summed E-state index contributed by atoms with van der Waals surface area (Å²) in [4.78, 5) is 4.19. The van der Waals surface area contributed by atoms with Crippen LogP contribution in [0, 0.1) is 5.82 Å². The highest BCUT2D eigenvalue weighted by molar-refractivity contribution is 5.72. The van der Waals surface area contributed by atoms with E-state index >= 15 is 0 Å². The van der Waals surface area contributed by atoms with E-state index in [4.69, 9.17) is 11.5 Å². The number of rotatable bonds is 2. The lowest BCUT2D eigenvalue weighted by Gasteiger charge is -2.06. The molecule has 0 aliphatic carbocycles. The normalized spacial score (nSPS) is 10.4. The molecule has 0 saturated carbocycles. The molecule has 82 valence electrons. The second-order valence-electron chi connectivity index (χ2n) is 3.50. The van der Waals surface area contributed by atoms with Gasteiger partial charge in [-0.25, -0.2) is 4.39 Å². The second kappa shape index (κ2) is 4.28. The van der Waals surface area contributed by atoms with E-state index in [1.807, 2.05) is 0 Å². The molecule has 16 heavy (non-hydrogen) atoms. The first-order valence-electron chi connectivity index (χ1n) is 4.91. The Morgan fingerprint density at radius 2 is 2.06 bits per heavy atom. The summed E-state index contributed by atoms with van der Waals surface area (Å²) in [6.45, 7) is 0.390. The Bertz CT molecular complexity index is 511. The van der Waals surface area contributed by atoms with Crippen LogP contribution in [0.1, 0.15) is 5.56 Å². The van der Waals surface area contributed by atoms with Gasteiger partial charge in [-0.2, -0.15) is 0 Å². The van der Waals surface area contributed by atoms with Crippen LogP contribution in [0.5, 0.6) is 0 Å². The number of halogens is 1. The lowest BCUT2D eigenvalue weighted by Crippen LogP contribution is -2.01. The largest absolute Gasteiger partial charge is 0.397 e. The monoisotopic (exact) mass is 217 g/mol. The Morgan fingerprint density at radius 3 is 2.69 bits per heavy atom. The molecule has 0 fully saturated rings. The molecule has 0 atom stereocenters. The quantitative estimate of drug-likeness (QED) is 0.807. The van der Waals surface area contributed by atoms with Gasteiger partial charge in [0.05, 0.1) is 11.4 Å². The van der Waals surface area contributed by atoms with E-state index in [0.29, 0.717) is 23.5 Å². The molecule has 0 amide bonds. The number of nitrogens with zero attached hydrogens (tertiary/aromatic N) is 1. The van der Waals surface area contributed by atoms with E-state index in [2.05, 4.69) is 4.98 Å². The topological polar surface area (TPSA) is 64.9 Å². The number of hydrogen-bond donors (Lipinski definition) is 2. The van der Waals surface area contributed by atoms with Crippen molar-refractivity contribution in [3.05, 3.63) is 47.9 Å². The number of aromatic nitrogens is 1. The average molecular weight is 217 g/mol. The number of nitrogen functional groups attached to an aromatic ring is 1. The SMILES string of the molecule is NCc1cnc(-c2cccc(F)c2)c(N)c1. The van der Waals surface area contributed by atoms with Crippen LogP contribution in [0.15, 0.2) is 36.5 Å². The minimum atomic E-state index is -0.304. The predicted molar refractivity (Wildman–Crippen MR) is 61.9 cm³/mol. The van der Waals surface area contributed by atoms with E-state index in [9.17, 15) is 4.39 Å². The fraction of sp³-hybridized carbons (Fsp3) is 0.0833. The fourth-order valence-corrected chi connectivity index (χ4v) is 1.52. The van der Waals surface area contributed by atoms with Crippen molar-refractivity contribution < 1.29 is 4.39 Å². The third-order valence-electron chi connectivity index (χ3n) is 2.31. The maximum Gasteiger partial charge on any atom is 0.123 e. The highest BCUT2D eigenvalue weighted by Crippen LogP contribution is 2.24. The summed E-state index contributed by atoms with van der Waals surface area (Å²) in [5.41, 5.74) is 13.9. The van der Waals surface area contributed by atoms with Crippen LogP contribution < -0.4 is 11.5 Å². The molecule has 0 aliphatic heterocycles. The van der Waals surface area contributed by atoms with Gasteiger partial charge in [0.25, 0.3) is 0 Å². The molecule has 1 aromatic carbocycles. The van der Waals surface area contributed by atoms with Crippen LogP contribution in [-0.2, 0) is 6.54 Å². The van der Waals surface area contributed by atoms with Gasteiger partial charge in [-0.05, 0) is 23.8 Å². The Kier molecular flexibility index (Phi) is 2.83. The van der Waals surface area contributed by atoms with Gasteiger partial charge >= 0.3 is 0 Å². The molecule has 2 aromatic rings. The summed E-state index contributed by atoms with van der Waals surface area (Å²) in [5.74, 6) is -0.304. The Labute approximate surface area is 92.9 Å². The lowest BCUT2D eigenvalue weighted by molar-refractivity contribution is 0.628. The first-order chi connectivity index (χ1) is 7.70. The third kappa shape index (κ3) is 2.01. The Morgan fingerprint density at radius 1 is 1.25 bits per heavy atom. The molecule has 1 heterocycles. The molecule has 4 N–H and O–H groups in total. The average Bonchev–Trinajstić information content (AvgIpc) is 2.28. The summed E-state index contributed by atoms with van der Waals surface area (Å²) >= 11 is 0. The third-order valence-corrected chi connectivity index (χ3v) is 2.31. The van der Waals surface area contributed by atoms with Gasteiger partial charge in [-0.1, -0.05) is 12.1 Å². The minimum absolute atomic E-state index is 0.304. The molecule has 0 spiro atoms. The van der Waals surface area contributed by atoms with Gasteiger partial charge < -0.3 is 11.5 Å². The first-order valence-corrected chi connectivity index (χ1v) is 4.91. The standard InChI is InChI=1S/C12H12FN3/c13-10-3-1-2-9(5-10)12-11(15)4-8(6-14)7-16-12/h1-5,7H,6,14-15H2. The van der Waals surface area contributed by atoms with Crippen molar-refractivity contribution in [2.45, 2.75) is 6.54 Å². The van der Waals surface area contributed by atoms with Crippen molar-refractivity contribution >= 4 is 5.69 Å². The first kappa shape index (κ1) is 10.6. The summed E-state index contributed by atoms with van der Waals surface area (Å²) in [6.07, 6.45) is 1.65. The molecule has 2 rings (SSSR count). The molecule has 3 nitrogen and oxygen atoms in total. The van der Waals surface area contributed by atoms with Gasteiger partial charge in [0.2, 0.25) is 0 Å². The highest BCUT2D eigenvalue weighted by Gasteiger charge is 2.05. The molecule has 0 aliphatic rings. The van der Waals surface area contributed by atoms with E-state index in [0.717, 1.165) is 5.56 Å². The van der Waals surface area contributed by atoms with Crippen LogP contribution in [0.25, 0.3) is 11.3 Å². The van der Waals surface area contributed by atoms with Crippen molar-refractivity contribution in [1.82, 2.24) is 4.98 Å². The zero-order chi connectivity index (χ0) is 11.5. The molecule has 0 saturated heterocycles. The van der Waals surface area contributed by atoms with E-state index in [1.165, 1.54) is 12.1 Å². The van der Waals surface area contributed by atoms with Gasteiger partial charge in [0.1, 0.15) is 5.82 Å². The second-order valence-corrected chi connectivity index (χ2v) is 3.50. The van der Waals surface area contributed by atoms with Crippen LogP contribution in [-0.4, -0.2) is 4.98 Å². The van der Waals surface area contributed by atoms with Crippen LogP contribution >= 0.6 is 0 Å². The molecule has 0 unspecified atom stereocenters. The zero-order valence-electron chi connectivity index (χ0n) is 8.65. The van der Waals surface area contributed by atoms with Gasteiger partial charge in [0, 0.05) is 18.3 Å². The minimum Gasteiger partial charge on any atom is -0.397 e. The fourth-order valence-electron chi connectivity index (χ4n) is 1.52. The molecule has 4 heteroatoms. The number of anilines is 1. The highest BCUT2D eigenvalue weighted by atomic mass is 19.1. The van der Waals surface area contributed by atoms with Gasteiger partial charge in [0.15, 0.2) is 0 Å². The number of nitrogens with two attached hydrogens (primary N) is 2. The zero-order valence-corrected chi connectivity index (χ0v) is 8.65. The molecular formula is C12H12FN3. The van der Waals surface area contributed by atoms with Crippen molar-refractivity contribution in [2.24, 2.45) is 5.73 Å². The van der Waals surface area contributed by atoms with Crippen molar-refractivity contribution in [3.8, 4) is 11.3 Å².